The van der Waals surface area contributed by atoms with Crippen molar-refractivity contribution in [3.05, 3.63) is 94.2 Å². The molecule has 3 amide bonds. The van der Waals surface area contributed by atoms with Crippen molar-refractivity contribution in [2.75, 3.05) is 23.3 Å². The first-order valence-corrected chi connectivity index (χ1v) is 10.7. The van der Waals surface area contributed by atoms with E-state index in [-0.39, 0.29) is 17.8 Å². The molecule has 160 valence electrons. The van der Waals surface area contributed by atoms with Gasteiger partial charge in [-0.25, -0.2) is 9.18 Å². The lowest BCUT2D eigenvalue weighted by atomic mass is 10.2. The van der Waals surface area contributed by atoms with Crippen molar-refractivity contribution in [3.63, 3.8) is 0 Å². The highest BCUT2D eigenvalue weighted by Gasteiger charge is 2.16. The predicted molar refractivity (Wildman–Crippen MR) is 125 cm³/mol. The second-order valence-corrected chi connectivity index (χ2v) is 7.96. The fraction of sp³-hybridized carbons (Fsp3) is 0.167. The summed E-state index contributed by atoms with van der Waals surface area (Å²) in [5.41, 5.74) is 2.85. The van der Waals surface area contributed by atoms with E-state index in [1.54, 1.807) is 36.4 Å². The van der Waals surface area contributed by atoms with Gasteiger partial charge in [-0.1, -0.05) is 28.1 Å². The molecule has 0 saturated heterocycles. The van der Waals surface area contributed by atoms with Gasteiger partial charge in [0.15, 0.2) is 0 Å². The molecular formula is C24H23BrFN3O2. The van der Waals surface area contributed by atoms with Crippen molar-refractivity contribution in [2.24, 2.45) is 0 Å². The molecule has 0 aliphatic carbocycles. The van der Waals surface area contributed by atoms with E-state index >= 15 is 0 Å². The number of carbonyl (C=O) groups excluding carboxylic acids is 2. The van der Waals surface area contributed by atoms with Gasteiger partial charge in [-0.2, -0.15) is 0 Å². The summed E-state index contributed by atoms with van der Waals surface area (Å²) >= 11 is 3.34. The molecule has 0 atom stereocenters. The highest BCUT2D eigenvalue weighted by molar-refractivity contribution is 9.10. The normalized spacial score (nSPS) is 10.4. The summed E-state index contributed by atoms with van der Waals surface area (Å²) in [5, 5.41) is 5.74. The minimum Gasteiger partial charge on any atom is -0.352 e. The summed E-state index contributed by atoms with van der Waals surface area (Å²) < 4.78 is 14.3. The van der Waals surface area contributed by atoms with Crippen LogP contribution in [0.5, 0.6) is 0 Å². The van der Waals surface area contributed by atoms with E-state index in [1.807, 2.05) is 31.2 Å². The van der Waals surface area contributed by atoms with Gasteiger partial charge in [-0.3, -0.25) is 9.69 Å². The van der Waals surface area contributed by atoms with Gasteiger partial charge in [0, 0.05) is 34.5 Å². The highest BCUT2D eigenvalue weighted by Crippen LogP contribution is 2.18. The van der Waals surface area contributed by atoms with Crippen molar-refractivity contribution in [3.8, 4) is 0 Å². The molecule has 31 heavy (non-hydrogen) atoms. The van der Waals surface area contributed by atoms with Gasteiger partial charge < -0.3 is 10.6 Å². The Kier molecular flexibility index (Phi) is 7.78. The molecule has 2 N–H and O–H groups in total. The Morgan fingerprint density at radius 2 is 1.71 bits per heavy atom. The van der Waals surface area contributed by atoms with E-state index < -0.39 is 0 Å². The number of rotatable bonds is 7. The van der Waals surface area contributed by atoms with E-state index in [4.69, 9.17) is 0 Å². The lowest BCUT2D eigenvalue weighted by Gasteiger charge is -2.23. The number of amides is 3. The Bertz CT molecular complexity index is 1040. The van der Waals surface area contributed by atoms with Gasteiger partial charge in [-0.05, 0) is 79.6 Å². The molecule has 0 fully saturated rings. The quantitative estimate of drug-likeness (QED) is 0.420. The molecule has 0 bridgehead atoms. The Balaban J connectivity index is 1.62. The third kappa shape index (κ3) is 6.65. The summed E-state index contributed by atoms with van der Waals surface area (Å²) in [6, 6.07) is 20.0. The smallest absolute Gasteiger partial charge is 0.326 e. The van der Waals surface area contributed by atoms with Crippen molar-refractivity contribution in [1.82, 2.24) is 5.32 Å². The van der Waals surface area contributed by atoms with E-state index in [0.717, 1.165) is 10.0 Å². The van der Waals surface area contributed by atoms with Gasteiger partial charge >= 0.3 is 6.03 Å². The summed E-state index contributed by atoms with van der Waals surface area (Å²) in [5.74, 6) is -0.547. The van der Waals surface area contributed by atoms with E-state index in [1.165, 1.54) is 17.0 Å². The number of benzene rings is 3. The topological polar surface area (TPSA) is 61.4 Å². The van der Waals surface area contributed by atoms with E-state index in [2.05, 4.69) is 26.6 Å². The summed E-state index contributed by atoms with van der Waals surface area (Å²) in [6.45, 7) is 2.69. The van der Waals surface area contributed by atoms with E-state index in [9.17, 15) is 14.0 Å². The maximum atomic E-state index is 13.4. The number of hydrogen-bond donors (Lipinski definition) is 2. The van der Waals surface area contributed by atoms with Crippen LogP contribution in [0.15, 0.2) is 77.3 Å². The Labute approximate surface area is 189 Å². The molecule has 0 aliphatic rings. The van der Waals surface area contributed by atoms with Crippen LogP contribution in [0.25, 0.3) is 0 Å². The standard InChI is InChI=1S/C24H23BrFN3O2/c1-17-4-2-5-21(16-17)28-24(31)29(22-12-10-20(26)11-13-22)15-3-14-27-23(30)18-6-8-19(25)9-7-18/h2,4-13,16H,3,14-15H2,1H3,(H,27,30)(H,28,31). The zero-order valence-corrected chi connectivity index (χ0v) is 18.7. The third-order valence-electron chi connectivity index (χ3n) is 4.60. The van der Waals surface area contributed by atoms with Crippen molar-refractivity contribution in [2.45, 2.75) is 13.3 Å². The molecule has 0 heterocycles. The number of nitrogens with one attached hydrogen (secondary N) is 2. The number of anilines is 2. The van der Waals surface area contributed by atoms with Crippen molar-refractivity contribution < 1.29 is 14.0 Å². The Hall–Kier alpha value is -3.19. The van der Waals surface area contributed by atoms with Crippen LogP contribution in [0, 0.1) is 12.7 Å². The summed E-state index contributed by atoms with van der Waals surface area (Å²) in [7, 11) is 0. The van der Waals surface area contributed by atoms with E-state index in [0.29, 0.717) is 36.4 Å². The van der Waals surface area contributed by atoms with Crippen LogP contribution in [-0.2, 0) is 0 Å². The minimum atomic E-state index is -0.371. The molecule has 0 radical (unpaired) electrons. The largest absolute Gasteiger partial charge is 0.352 e. The first-order valence-electron chi connectivity index (χ1n) is 9.87. The lowest BCUT2D eigenvalue weighted by Crippen LogP contribution is -2.37. The molecular weight excluding hydrogens is 461 g/mol. The Morgan fingerprint density at radius 3 is 2.39 bits per heavy atom. The maximum absolute atomic E-state index is 13.4. The number of halogens is 2. The van der Waals surface area contributed by atoms with Gasteiger partial charge in [0.2, 0.25) is 0 Å². The second-order valence-electron chi connectivity index (χ2n) is 7.04. The van der Waals surface area contributed by atoms with Gasteiger partial charge in [0.25, 0.3) is 5.91 Å². The highest BCUT2D eigenvalue weighted by atomic mass is 79.9. The number of urea groups is 1. The molecule has 7 heteroatoms. The monoisotopic (exact) mass is 483 g/mol. The number of carbonyl (C=O) groups is 2. The molecule has 0 spiro atoms. The molecule has 0 unspecified atom stereocenters. The molecule has 3 aromatic carbocycles. The summed E-state index contributed by atoms with van der Waals surface area (Å²) in [6.07, 6.45) is 0.529. The number of nitrogens with zero attached hydrogens (tertiary/aromatic N) is 1. The van der Waals surface area contributed by atoms with Crippen LogP contribution in [0.1, 0.15) is 22.3 Å². The first kappa shape index (κ1) is 22.5. The predicted octanol–water partition coefficient (Wildman–Crippen LogP) is 5.76. The molecule has 0 aromatic heterocycles. The average molecular weight is 484 g/mol. The van der Waals surface area contributed by atoms with Crippen LogP contribution in [0.3, 0.4) is 0 Å². The lowest BCUT2D eigenvalue weighted by molar-refractivity contribution is 0.0953. The number of aryl methyl sites for hydroxylation is 1. The third-order valence-corrected chi connectivity index (χ3v) is 5.13. The second kappa shape index (κ2) is 10.7. The van der Waals surface area contributed by atoms with Crippen molar-refractivity contribution in [1.29, 1.82) is 0 Å². The SMILES string of the molecule is Cc1cccc(NC(=O)N(CCCNC(=O)c2ccc(Br)cc2)c2ccc(F)cc2)c1. The molecule has 3 aromatic rings. The summed E-state index contributed by atoms with van der Waals surface area (Å²) in [4.78, 5) is 26.7. The van der Waals surface area contributed by atoms with Gasteiger partial charge in [0.1, 0.15) is 5.82 Å². The molecule has 0 saturated carbocycles. The fourth-order valence-electron chi connectivity index (χ4n) is 3.03. The zero-order valence-electron chi connectivity index (χ0n) is 17.1. The van der Waals surface area contributed by atoms with Crippen LogP contribution >= 0.6 is 15.9 Å². The maximum Gasteiger partial charge on any atom is 0.326 e. The fourth-order valence-corrected chi connectivity index (χ4v) is 3.29. The van der Waals surface area contributed by atoms with Gasteiger partial charge in [-0.15, -0.1) is 0 Å². The number of hydrogen-bond acceptors (Lipinski definition) is 2. The zero-order chi connectivity index (χ0) is 22.2. The van der Waals surface area contributed by atoms with Crippen LogP contribution in [-0.4, -0.2) is 25.0 Å². The molecule has 3 rings (SSSR count). The van der Waals surface area contributed by atoms with Crippen LogP contribution in [0.4, 0.5) is 20.6 Å². The Morgan fingerprint density at radius 1 is 1.00 bits per heavy atom. The van der Waals surface area contributed by atoms with Crippen LogP contribution in [0.2, 0.25) is 0 Å². The van der Waals surface area contributed by atoms with Crippen molar-refractivity contribution >= 4 is 39.2 Å². The molecule has 0 aliphatic heterocycles. The van der Waals surface area contributed by atoms with Gasteiger partial charge in [0.05, 0.1) is 0 Å². The average Bonchev–Trinajstić information content (AvgIpc) is 2.75. The van der Waals surface area contributed by atoms with Crippen LogP contribution < -0.4 is 15.5 Å². The minimum absolute atomic E-state index is 0.176. The molecule has 5 nitrogen and oxygen atoms in total. The first-order chi connectivity index (χ1) is 14.9.